The Kier molecular flexibility index (Phi) is 2.65. The van der Waals surface area contributed by atoms with E-state index in [4.69, 9.17) is 9.84 Å². The first kappa shape index (κ1) is 12.8. The lowest BCUT2D eigenvalue weighted by Gasteiger charge is -2.23. The molecule has 1 aromatic heterocycles. The number of rotatable bonds is 1. The van der Waals surface area contributed by atoms with Crippen LogP contribution in [0.3, 0.4) is 0 Å². The van der Waals surface area contributed by atoms with Gasteiger partial charge < -0.3 is 9.84 Å². The molecule has 0 radical (unpaired) electrons. The molecule has 0 fully saturated rings. The molecule has 2 aliphatic heterocycles. The first-order chi connectivity index (χ1) is 10.6. The van der Waals surface area contributed by atoms with E-state index < -0.39 is 6.09 Å². The lowest BCUT2D eigenvalue weighted by Crippen LogP contribution is -2.37. The minimum absolute atomic E-state index is 0.231. The lowest BCUT2D eigenvalue weighted by molar-refractivity contribution is 0.0535. The zero-order valence-corrected chi connectivity index (χ0v) is 11.5. The molecule has 0 saturated carbocycles. The molecule has 22 heavy (non-hydrogen) atoms. The largest absolute Gasteiger partial charge is 0.465 e. The number of hydrogen-bond acceptors (Lipinski definition) is 5. The highest BCUT2D eigenvalue weighted by Gasteiger charge is 2.25. The Morgan fingerprint density at radius 1 is 1.32 bits per heavy atom. The van der Waals surface area contributed by atoms with E-state index in [-0.39, 0.29) is 19.1 Å². The molecule has 0 unspecified atom stereocenters. The van der Waals surface area contributed by atoms with Gasteiger partial charge in [0.1, 0.15) is 12.4 Å². The molecular weight excluding hydrogens is 288 g/mol. The number of fused-ring (bicyclic) bond motifs is 2. The number of amides is 1. The smallest absolute Gasteiger partial charge is 0.407 e. The van der Waals surface area contributed by atoms with Crippen LogP contribution in [-0.2, 0) is 24.4 Å². The summed E-state index contributed by atoms with van der Waals surface area (Å²) in [5.74, 6) is 0.844. The summed E-state index contributed by atoms with van der Waals surface area (Å²) in [6.07, 6.45) is -0.955. The highest BCUT2D eigenvalue weighted by Crippen LogP contribution is 2.26. The number of nitrogens with zero attached hydrogens (tertiary/aromatic N) is 4. The molecular formula is C14H12N4O4. The van der Waals surface area contributed by atoms with E-state index >= 15 is 0 Å². The van der Waals surface area contributed by atoms with E-state index in [0.29, 0.717) is 30.3 Å². The Bertz CT molecular complexity index is 798. The molecule has 8 nitrogen and oxygen atoms in total. The van der Waals surface area contributed by atoms with Gasteiger partial charge in [0.05, 0.1) is 18.7 Å². The van der Waals surface area contributed by atoms with Gasteiger partial charge in [-0.1, -0.05) is 6.07 Å². The number of carbonyl (C=O) groups excluding carboxylic acids is 1. The van der Waals surface area contributed by atoms with Crippen LogP contribution >= 0.6 is 0 Å². The van der Waals surface area contributed by atoms with E-state index in [1.165, 1.54) is 4.90 Å². The van der Waals surface area contributed by atoms with Crippen molar-refractivity contribution < 1.29 is 19.4 Å². The predicted molar refractivity (Wildman–Crippen MR) is 73.0 cm³/mol. The Balaban J connectivity index is 1.68. The van der Waals surface area contributed by atoms with Crippen molar-refractivity contribution in [2.45, 2.75) is 19.7 Å². The van der Waals surface area contributed by atoms with Crippen LogP contribution in [0.5, 0.6) is 0 Å². The number of cyclic esters (lactones) is 1. The zero-order chi connectivity index (χ0) is 15.3. The fourth-order valence-corrected chi connectivity index (χ4v) is 2.69. The summed E-state index contributed by atoms with van der Waals surface area (Å²) in [7, 11) is 0. The number of hydrogen-bond donors (Lipinski definition) is 1. The van der Waals surface area contributed by atoms with Gasteiger partial charge in [0.25, 0.3) is 0 Å². The molecule has 3 heterocycles. The number of esters is 1. The van der Waals surface area contributed by atoms with Crippen LogP contribution in [0.25, 0.3) is 11.4 Å². The quantitative estimate of drug-likeness (QED) is 0.792. The van der Waals surface area contributed by atoms with Gasteiger partial charge in [-0.2, -0.15) is 5.10 Å². The number of carbonyl (C=O) groups is 2. The van der Waals surface area contributed by atoms with Crippen LogP contribution in [0.15, 0.2) is 18.2 Å². The van der Waals surface area contributed by atoms with Crippen molar-refractivity contribution >= 4 is 12.1 Å². The normalized spacial score (nSPS) is 16.2. The maximum Gasteiger partial charge on any atom is 0.407 e. The minimum Gasteiger partial charge on any atom is -0.465 e. The second-order valence-corrected chi connectivity index (χ2v) is 5.23. The molecule has 112 valence electrons. The van der Waals surface area contributed by atoms with Crippen molar-refractivity contribution in [3.8, 4) is 11.4 Å². The van der Waals surface area contributed by atoms with Crippen molar-refractivity contribution in [1.82, 2.24) is 19.7 Å². The van der Waals surface area contributed by atoms with Gasteiger partial charge in [-0.05, 0) is 12.1 Å². The maximum atomic E-state index is 11.5. The highest BCUT2D eigenvalue weighted by molar-refractivity contribution is 5.94. The maximum absolute atomic E-state index is 11.5. The molecule has 0 atom stereocenters. The first-order valence-electron chi connectivity index (χ1n) is 6.84. The van der Waals surface area contributed by atoms with Crippen LogP contribution in [0.1, 0.15) is 21.7 Å². The van der Waals surface area contributed by atoms with Crippen molar-refractivity contribution in [3.63, 3.8) is 0 Å². The number of carboxylic acid groups (broad SMARTS) is 1. The molecule has 4 rings (SSSR count). The topological polar surface area (TPSA) is 97.5 Å². The molecule has 1 amide bonds. The van der Waals surface area contributed by atoms with E-state index in [1.807, 2.05) is 6.07 Å². The van der Waals surface area contributed by atoms with Crippen LogP contribution in [0, 0.1) is 0 Å². The van der Waals surface area contributed by atoms with Crippen molar-refractivity contribution in [2.24, 2.45) is 0 Å². The summed E-state index contributed by atoms with van der Waals surface area (Å²) >= 11 is 0. The number of aromatic nitrogens is 3. The van der Waals surface area contributed by atoms with E-state index in [1.54, 1.807) is 16.8 Å². The van der Waals surface area contributed by atoms with Crippen molar-refractivity contribution in [2.75, 3.05) is 6.54 Å². The Hall–Kier alpha value is -2.90. The summed E-state index contributed by atoms with van der Waals surface area (Å²) in [6.45, 7) is 1.38. The van der Waals surface area contributed by atoms with Gasteiger partial charge >= 0.3 is 12.1 Å². The van der Waals surface area contributed by atoms with Gasteiger partial charge in [-0.3, -0.25) is 4.90 Å². The summed E-state index contributed by atoms with van der Waals surface area (Å²) in [4.78, 5) is 28.2. The predicted octanol–water partition coefficient (Wildman–Crippen LogP) is 1.11. The van der Waals surface area contributed by atoms with Crippen LogP contribution in [0.2, 0.25) is 0 Å². The van der Waals surface area contributed by atoms with Gasteiger partial charge in [0.2, 0.25) is 0 Å². The van der Waals surface area contributed by atoms with Gasteiger partial charge in [0.15, 0.2) is 5.82 Å². The Labute approximate surface area is 124 Å². The molecule has 0 saturated heterocycles. The first-order valence-corrected chi connectivity index (χ1v) is 6.84. The Morgan fingerprint density at radius 2 is 2.18 bits per heavy atom. The van der Waals surface area contributed by atoms with E-state index in [9.17, 15) is 9.59 Å². The van der Waals surface area contributed by atoms with Crippen LogP contribution in [-0.4, -0.2) is 43.4 Å². The molecule has 0 aliphatic carbocycles. The Morgan fingerprint density at radius 3 is 3.00 bits per heavy atom. The molecule has 2 aliphatic rings. The average Bonchev–Trinajstić information content (AvgIpc) is 3.10. The fraction of sp³-hybridized carbons (Fsp3) is 0.286. The van der Waals surface area contributed by atoms with Crippen LogP contribution < -0.4 is 0 Å². The second-order valence-electron chi connectivity index (χ2n) is 5.23. The molecule has 2 aromatic rings. The molecule has 0 bridgehead atoms. The van der Waals surface area contributed by atoms with Crippen molar-refractivity contribution in [3.05, 3.63) is 35.2 Å². The summed E-state index contributed by atoms with van der Waals surface area (Å²) in [5, 5.41) is 13.5. The minimum atomic E-state index is -0.955. The third-order valence-electron chi connectivity index (χ3n) is 3.87. The van der Waals surface area contributed by atoms with E-state index in [2.05, 4.69) is 10.1 Å². The van der Waals surface area contributed by atoms with Gasteiger partial charge in [0, 0.05) is 17.7 Å². The summed E-state index contributed by atoms with van der Waals surface area (Å²) in [5.41, 5.74) is 2.19. The highest BCUT2D eigenvalue weighted by atomic mass is 16.5. The number of benzene rings is 1. The van der Waals surface area contributed by atoms with Crippen molar-refractivity contribution in [1.29, 1.82) is 0 Å². The zero-order valence-electron chi connectivity index (χ0n) is 11.5. The van der Waals surface area contributed by atoms with Gasteiger partial charge in [-0.25, -0.2) is 19.3 Å². The average molecular weight is 300 g/mol. The molecule has 0 spiro atoms. The molecule has 1 N–H and O–H groups in total. The van der Waals surface area contributed by atoms with Gasteiger partial charge in [-0.15, -0.1) is 0 Å². The lowest BCUT2D eigenvalue weighted by atomic mass is 10.1. The van der Waals surface area contributed by atoms with E-state index in [0.717, 1.165) is 11.1 Å². The third-order valence-corrected chi connectivity index (χ3v) is 3.87. The summed E-state index contributed by atoms with van der Waals surface area (Å²) < 4.78 is 6.70. The summed E-state index contributed by atoms with van der Waals surface area (Å²) in [6, 6.07) is 5.34. The number of ether oxygens (including phenoxy) is 1. The standard InChI is InChI=1S/C14H12N4O4/c19-13-10-2-1-8(5-9(10)7-22-13)12-15-11-6-17(14(20)21)3-4-18(11)16-12/h1-2,5H,3-4,6-7H2,(H,20,21). The monoisotopic (exact) mass is 300 g/mol. The molecule has 1 aromatic carbocycles. The SMILES string of the molecule is O=C1OCc2cc(-c3nc4n(n3)CCN(C(=O)O)C4)ccc21. The third kappa shape index (κ3) is 1.92. The second kappa shape index (κ2) is 4.55. The molecule has 8 heteroatoms. The van der Waals surface area contributed by atoms with Crippen LogP contribution in [0.4, 0.5) is 4.79 Å². The fourth-order valence-electron chi connectivity index (χ4n) is 2.69.